The second-order valence-electron chi connectivity index (χ2n) is 9.40. The van der Waals surface area contributed by atoms with E-state index in [0.29, 0.717) is 5.92 Å². The Kier molecular flexibility index (Phi) is 5.07. The molecule has 1 saturated heterocycles. The Morgan fingerprint density at radius 1 is 0.844 bits per heavy atom. The SMILES string of the molecule is COc1ccc2[nH]cc([C@H]3CC[C@H](N4CCN(c5cccc6[nH]ccc56)CC4)CC3)c2c1. The van der Waals surface area contributed by atoms with Crippen LogP contribution < -0.4 is 9.64 Å². The van der Waals surface area contributed by atoms with Crippen molar-refractivity contribution in [3.63, 3.8) is 0 Å². The summed E-state index contributed by atoms with van der Waals surface area (Å²) in [5.74, 6) is 1.60. The van der Waals surface area contributed by atoms with Crippen LogP contribution in [0.1, 0.15) is 37.2 Å². The third kappa shape index (κ3) is 3.45. The second-order valence-corrected chi connectivity index (χ2v) is 9.40. The molecule has 0 radical (unpaired) electrons. The number of aromatic nitrogens is 2. The molecule has 166 valence electrons. The number of rotatable bonds is 4. The van der Waals surface area contributed by atoms with Crippen molar-refractivity contribution >= 4 is 27.5 Å². The van der Waals surface area contributed by atoms with Crippen LogP contribution in [0.25, 0.3) is 21.8 Å². The highest BCUT2D eigenvalue weighted by Gasteiger charge is 2.30. The van der Waals surface area contributed by atoms with Crippen molar-refractivity contribution in [1.29, 1.82) is 0 Å². The fourth-order valence-corrected chi connectivity index (χ4v) is 6.01. The Morgan fingerprint density at radius 3 is 2.47 bits per heavy atom. The van der Waals surface area contributed by atoms with Gasteiger partial charge >= 0.3 is 0 Å². The van der Waals surface area contributed by atoms with Crippen LogP contribution in [-0.4, -0.2) is 54.2 Å². The molecule has 0 atom stereocenters. The number of aromatic amines is 2. The number of piperazine rings is 1. The second kappa shape index (κ2) is 8.21. The van der Waals surface area contributed by atoms with E-state index >= 15 is 0 Å². The monoisotopic (exact) mass is 428 g/mol. The van der Waals surface area contributed by atoms with E-state index in [2.05, 4.69) is 62.4 Å². The van der Waals surface area contributed by atoms with Gasteiger partial charge in [0.2, 0.25) is 0 Å². The molecule has 2 fully saturated rings. The summed E-state index contributed by atoms with van der Waals surface area (Å²) in [5, 5.41) is 2.68. The van der Waals surface area contributed by atoms with Crippen LogP contribution in [0.3, 0.4) is 0 Å². The summed E-state index contributed by atoms with van der Waals surface area (Å²) in [6.07, 6.45) is 9.43. The summed E-state index contributed by atoms with van der Waals surface area (Å²) in [7, 11) is 1.75. The van der Waals surface area contributed by atoms with Crippen molar-refractivity contribution in [1.82, 2.24) is 14.9 Å². The molecule has 6 rings (SSSR count). The quantitative estimate of drug-likeness (QED) is 0.451. The van der Waals surface area contributed by atoms with Crippen LogP contribution in [0, 0.1) is 0 Å². The zero-order valence-corrected chi connectivity index (χ0v) is 18.8. The Morgan fingerprint density at radius 2 is 1.66 bits per heavy atom. The fraction of sp³-hybridized carbons (Fsp3) is 0.407. The zero-order chi connectivity index (χ0) is 21.5. The van der Waals surface area contributed by atoms with E-state index in [1.807, 2.05) is 12.3 Å². The lowest BCUT2D eigenvalue weighted by Crippen LogP contribution is -2.51. The summed E-state index contributed by atoms with van der Waals surface area (Å²) >= 11 is 0. The number of hydrogen-bond acceptors (Lipinski definition) is 3. The zero-order valence-electron chi connectivity index (χ0n) is 18.8. The average Bonchev–Trinajstić information content (AvgIpc) is 3.51. The summed E-state index contributed by atoms with van der Waals surface area (Å²) in [6, 6.07) is 15.9. The van der Waals surface area contributed by atoms with E-state index in [9.17, 15) is 0 Å². The third-order valence-electron chi connectivity index (χ3n) is 7.80. The van der Waals surface area contributed by atoms with Crippen LogP contribution >= 0.6 is 0 Å². The maximum atomic E-state index is 5.46. The highest BCUT2D eigenvalue weighted by Crippen LogP contribution is 2.39. The van der Waals surface area contributed by atoms with Gasteiger partial charge in [-0.05, 0) is 73.6 Å². The van der Waals surface area contributed by atoms with Gasteiger partial charge < -0.3 is 19.6 Å². The first-order valence-electron chi connectivity index (χ1n) is 12.0. The molecule has 32 heavy (non-hydrogen) atoms. The van der Waals surface area contributed by atoms with Crippen LogP contribution in [-0.2, 0) is 0 Å². The molecule has 5 heteroatoms. The van der Waals surface area contributed by atoms with Gasteiger partial charge in [-0.3, -0.25) is 4.90 Å². The van der Waals surface area contributed by atoms with E-state index in [-0.39, 0.29) is 0 Å². The largest absolute Gasteiger partial charge is 0.497 e. The van der Waals surface area contributed by atoms with Gasteiger partial charge in [0.05, 0.1) is 7.11 Å². The molecule has 2 aromatic carbocycles. The van der Waals surface area contributed by atoms with Crippen LogP contribution in [0.5, 0.6) is 5.75 Å². The number of fused-ring (bicyclic) bond motifs is 2. The van der Waals surface area contributed by atoms with E-state index in [4.69, 9.17) is 4.74 Å². The van der Waals surface area contributed by atoms with Gasteiger partial charge in [-0.1, -0.05) is 6.07 Å². The number of nitrogens with one attached hydrogen (secondary N) is 2. The van der Waals surface area contributed by atoms with Crippen LogP contribution in [0.4, 0.5) is 5.69 Å². The molecule has 1 saturated carbocycles. The van der Waals surface area contributed by atoms with E-state index < -0.39 is 0 Å². The molecular weight excluding hydrogens is 396 g/mol. The van der Waals surface area contributed by atoms with Gasteiger partial charge in [-0.2, -0.15) is 0 Å². The predicted octanol–water partition coefficient (Wildman–Crippen LogP) is 5.51. The maximum Gasteiger partial charge on any atom is 0.119 e. The minimum atomic E-state index is 0.652. The van der Waals surface area contributed by atoms with E-state index in [0.717, 1.165) is 24.9 Å². The highest BCUT2D eigenvalue weighted by atomic mass is 16.5. The number of H-pyrrole nitrogens is 2. The molecular formula is C27H32N4O. The van der Waals surface area contributed by atoms with Crippen molar-refractivity contribution in [2.24, 2.45) is 0 Å². The highest BCUT2D eigenvalue weighted by molar-refractivity contribution is 5.92. The Hall–Kier alpha value is -2.92. The lowest BCUT2D eigenvalue weighted by Gasteiger charge is -2.42. The topological polar surface area (TPSA) is 47.3 Å². The molecule has 2 N–H and O–H groups in total. The Bertz CT molecular complexity index is 1210. The van der Waals surface area contributed by atoms with Gasteiger partial charge in [0.15, 0.2) is 0 Å². The first-order valence-corrected chi connectivity index (χ1v) is 12.0. The minimum Gasteiger partial charge on any atom is -0.497 e. The number of ether oxygens (including phenoxy) is 1. The molecule has 2 aromatic heterocycles. The van der Waals surface area contributed by atoms with Gasteiger partial charge in [-0.15, -0.1) is 0 Å². The lowest BCUT2D eigenvalue weighted by atomic mass is 9.81. The molecule has 0 spiro atoms. The third-order valence-corrected chi connectivity index (χ3v) is 7.80. The molecule has 1 aliphatic carbocycles. The lowest BCUT2D eigenvalue weighted by molar-refractivity contribution is 0.141. The summed E-state index contributed by atoms with van der Waals surface area (Å²) in [6.45, 7) is 4.57. The van der Waals surface area contributed by atoms with Crippen molar-refractivity contribution in [2.45, 2.75) is 37.6 Å². The Balaban J connectivity index is 1.09. The average molecular weight is 429 g/mol. The minimum absolute atomic E-state index is 0.652. The molecule has 4 aromatic rings. The molecule has 2 aliphatic rings. The van der Waals surface area contributed by atoms with E-state index in [1.165, 1.54) is 71.8 Å². The number of methoxy groups -OCH3 is 1. The molecule has 0 bridgehead atoms. The number of nitrogens with zero attached hydrogens (tertiary/aromatic N) is 2. The van der Waals surface area contributed by atoms with Crippen molar-refractivity contribution in [3.05, 3.63) is 60.4 Å². The van der Waals surface area contributed by atoms with Crippen molar-refractivity contribution < 1.29 is 4.74 Å². The summed E-state index contributed by atoms with van der Waals surface area (Å²) in [5.41, 5.74) is 5.30. The van der Waals surface area contributed by atoms with Crippen molar-refractivity contribution in [2.75, 3.05) is 38.2 Å². The number of hydrogen-bond donors (Lipinski definition) is 2. The van der Waals surface area contributed by atoms with E-state index in [1.54, 1.807) is 7.11 Å². The predicted molar refractivity (Wildman–Crippen MR) is 132 cm³/mol. The molecule has 1 aliphatic heterocycles. The maximum absolute atomic E-state index is 5.46. The van der Waals surface area contributed by atoms with Crippen molar-refractivity contribution in [3.8, 4) is 5.75 Å². The van der Waals surface area contributed by atoms with Gasteiger partial charge in [0, 0.05) is 72.1 Å². The van der Waals surface area contributed by atoms with Gasteiger partial charge in [0.1, 0.15) is 5.75 Å². The van der Waals surface area contributed by atoms with Gasteiger partial charge in [0.25, 0.3) is 0 Å². The number of benzene rings is 2. The molecule has 3 heterocycles. The molecule has 0 unspecified atom stereocenters. The fourth-order valence-electron chi connectivity index (χ4n) is 6.01. The molecule has 5 nitrogen and oxygen atoms in total. The first kappa shape index (κ1) is 19.7. The Labute approximate surface area is 189 Å². The standard InChI is InChI=1S/C27H32N4O/c1-32-21-9-10-26-23(17-21)24(18-29-26)19-5-7-20(8-6-19)30-13-15-31(16-14-30)27-4-2-3-25-22(27)11-12-28-25/h2-4,9-12,17-20,28-29H,5-8,13-16H2,1H3/t19-,20-. The smallest absolute Gasteiger partial charge is 0.119 e. The molecule has 0 amide bonds. The summed E-state index contributed by atoms with van der Waals surface area (Å²) < 4.78 is 5.46. The van der Waals surface area contributed by atoms with Crippen LogP contribution in [0.15, 0.2) is 54.9 Å². The normalized spacial score (nSPS) is 22.6. The first-order chi connectivity index (χ1) is 15.8. The number of anilines is 1. The van der Waals surface area contributed by atoms with Crippen LogP contribution in [0.2, 0.25) is 0 Å². The van der Waals surface area contributed by atoms with Gasteiger partial charge in [-0.25, -0.2) is 0 Å². The summed E-state index contributed by atoms with van der Waals surface area (Å²) in [4.78, 5) is 12.1.